The fraction of sp³-hybridized carbons (Fsp3) is 0.758. The van der Waals surface area contributed by atoms with Crippen LogP contribution in [0, 0.1) is 38.5 Å². The molecule has 1 aliphatic heterocycles. The van der Waals surface area contributed by atoms with Crippen LogP contribution in [-0.2, 0) is 6.42 Å². The maximum absolute atomic E-state index is 12.5. The van der Waals surface area contributed by atoms with Gasteiger partial charge in [-0.05, 0) is 89.2 Å². The van der Waals surface area contributed by atoms with Gasteiger partial charge in [0.1, 0.15) is 11.4 Å². The lowest BCUT2D eigenvalue weighted by Crippen LogP contribution is -2.36. The van der Waals surface area contributed by atoms with Gasteiger partial charge in [-0.25, -0.2) is 0 Å². The van der Waals surface area contributed by atoms with Gasteiger partial charge >= 0.3 is 0 Å². The predicted molar refractivity (Wildman–Crippen MR) is 151 cm³/mol. The van der Waals surface area contributed by atoms with Crippen LogP contribution in [0.5, 0.6) is 11.5 Å². The van der Waals surface area contributed by atoms with Gasteiger partial charge in [0.05, 0.1) is 0 Å². The van der Waals surface area contributed by atoms with Crippen molar-refractivity contribution < 1.29 is 9.84 Å². The lowest BCUT2D eigenvalue weighted by molar-refractivity contribution is -0.270. The molecule has 0 aromatic heterocycles. The van der Waals surface area contributed by atoms with Gasteiger partial charge in [-0.15, -0.1) is 5.75 Å². The Kier molecular flexibility index (Phi) is 11.7. The van der Waals surface area contributed by atoms with Crippen LogP contribution in [0.2, 0.25) is 0 Å². The number of rotatable bonds is 14. The van der Waals surface area contributed by atoms with Crippen LogP contribution in [0.3, 0.4) is 0 Å². The Labute approximate surface area is 217 Å². The second-order valence-electron chi connectivity index (χ2n) is 12.7. The van der Waals surface area contributed by atoms with Crippen molar-refractivity contribution >= 4 is 0 Å². The van der Waals surface area contributed by atoms with Crippen molar-refractivity contribution in [3.63, 3.8) is 0 Å². The molecule has 0 amide bonds. The molecule has 0 aliphatic carbocycles. The molecule has 1 unspecified atom stereocenters. The number of benzene rings is 1. The van der Waals surface area contributed by atoms with E-state index in [0.717, 1.165) is 65.0 Å². The van der Waals surface area contributed by atoms with E-state index in [4.69, 9.17) is 4.74 Å². The highest BCUT2D eigenvalue weighted by molar-refractivity contribution is 5.57. The molecule has 2 heteroatoms. The van der Waals surface area contributed by atoms with Crippen LogP contribution in [0.25, 0.3) is 0 Å². The normalized spacial score (nSPS) is 20.0. The van der Waals surface area contributed by atoms with E-state index < -0.39 is 0 Å². The minimum atomic E-state index is -0.179. The van der Waals surface area contributed by atoms with E-state index in [1.54, 1.807) is 0 Å². The van der Waals surface area contributed by atoms with Crippen molar-refractivity contribution in [2.45, 2.75) is 145 Å². The summed E-state index contributed by atoms with van der Waals surface area (Å²) in [5.41, 5.74) is 5.20. The molecule has 35 heavy (non-hydrogen) atoms. The van der Waals surface area contributed by atoms with Gasteiger partial charge in [0.25, 0.3) is 0 Å². The van der Waals surface area contributed by atoms with Gasteiger partial charge < -0.3 is 9.84 Å². The number of fused-ring (bicyclic) bond motifs is 1. The molecule has 1 heterocycles. The zero-order valence-corrected chi connectivity index (χ0v) is 24.6. The lowest BCUT2D eigenvalue weighted by Gasteiger charge is -2.38. The van der Waals surface area contributed by atoms with Crippen LogP contribution in [0.4, 0.5) is 0 Å². The van der Waals surface area contributed by atoms with Gasteiger partial charge in [0.15, 0.2) is 0 Å². The Hall–Kier alpha value is -1.44. The first-order chi connectivity index (χ1) is 16.4. The van der Waals surface area contributed by atoms with E-state index >= 15 is 0 Å². The second kappa shape index (κ2) is 13.8. The Morgan fingerprint density at radius 2 is 1.46 bits per heavy atom. The van der Waals surface area contributed by atoms with E-state index in [9.17, 15) is 5.11 Å². The SMILES string of the molecule is C/C(=C\CC1(C)CCc2c(C)c([O-])c(C)c(C)c2O1)CCC[C@H](C)CCC[C@H](C)CCCC(C)C. The molecule has 0 radical (unpaired) electrons. The molecule has 0 N–H and O–H groups in total. The molecule has 3 atom stereocenters. The van der Waals surface area contributed by atoms with E-state index in [2.05, 4.69) is 47.6 Å². The minimum Gasteiger partial charge on any atom is -0.872 e. The van der Waals surface area contributed by atoms with E-state index in [-0.39, 0.29) is 11.4 Å². The standard InChI is InChI=1S/C33H56O2/c1-23(2)13-10-14-24(3)15-11-16-25(4)17-12-18-26(5)19-21-33(9)22-20-30-29(8)31(34)27(6)28(7)32(30)35-33/h19,23-25,34H,10-18,20-22H2,1-9H3/p-1/b26-19+/t24-,25-,33?/m1/s1. The fourth-order valence-corrected chi connectivity index (χ4v) is 5.62. The molecule has 2 nitrogen and oxygen atoms in total. The van der Waals surface area contributed by atoms with Crippen LogP contribution in [0.15, 0.2) is 11.6 Å². The molecular weight excluding hydrogens is 428 g/mol. The second-order valence-corrected chi connectivity index (χ2v) is 12.7. The highest BCUT2D eigenvalue weighted by atomic mass is 16.5. The van der Waals surface area contributed by atoms with Crippen molar-refractivity contribution in [1.29, 1.82) is 0 Å². The molecule has 1 aromatic carbocycles. The Morgan fingerprint density at radius 1 is 0.886 bits per heavy atom. The van der Waals surface area contributed by atoms with Crippen molar-refractivity contribution in [3.8, 4) is 11.5 Å². The molecule has 0 saturated carbocycles. The maximum Gasteiger partial charge on any atom is 0.126 e. The highest BCUT2D eigenvalue weighted by Crippen LogP contribution is 2.43. The first kappa shape index (κ1) is 29.8. The molecule has 200 valence electrons. The zero-order chi connectivity index (χ0) is 26.2. The average molecular weight is 484 g/mol. The van der Waals surface area contributed by atoms with Crippen LogP contribution in [-0.4, -0.2) is 5.60 Å². The summed E-state index contributed by atoms with van der Waals surface area (Å²) in [6.45, 7) is 20.0. The summed E-state index contributed by atoms with van der Waals surface area (Å²) in [6, 6.07) is 0. The molecule has 0 fully saturated rings. The average Bonchev–Trinajstić information content (AvgIpc) is 2.80. The van der Waals surface area contributed by atoms with Crippen LogP contribution >= 0.6 is 0 Å². The molecule has 1 aliphatic rings. The maximum atomic E-state index is 12.5. The summed E-state index contributed by atoms with van der Waals surface area (Å²) in [5, 5.41) is 12.5. The molecular formula is C33H55O2-. The highest BCUT2D eigenvalue weighted by Gasteiger charge is 2.32. The van der Waals surface area contributed by atoms with Crippen molar-refractivity contribution in [2.75, 3.05) is 0 Å². The van der Waals surface area contributed by atoms with Crippen molar-refractivity contribution in [1.82, 2.24) is 0 Å². The quantitative estimate of drug-likeness (QED) is 0.247. The van der Waals surface area contributed by atoms with E-state index in [1.807, 2.05) is 20.8 Å². The van der Waals surface area contributed by atoms with E-state index in [1.165, 1.54) is 63.4 Å². The predicted octanol–water partition coefficient (Wildman–Crippen LogP) is 9.54. The first-order valence-electron chi connectivity index (χ1n) is 14.6. The topological polar surface area (TPSA) is 32.3 Å². The summed E-state index contributed by atoms with van der Waals surface area (Å²) >= 11 is 0. The first-order valence-corrected chi connectivity index (χ1v) is 14.6. The number of ether oxygens (including phenoxy) is 1. The monoisotopic (exact) mass is 483 g/mol. The summed E-state index contributed by atoms with van der Waals surface area (Å²) in [7, 11) is 0. The zero-order valence-electron chi connectivity index (χ0n) is 24.6. The van der Waals surface area contributed by atoms with Gasteiger partial charge in [0.2, 0.25) is 0 Å². The van der Waals surface area contributed by atoms with Gasteiger partial charge in [0, 0.05) is 6.42 Å². The van der Waals surface area contributed by atoms with Crippen molar-refractivity contribution in [3.05, 3.63) is 33.9 Å². The minimum absolute atomic E-state index is 0.179. The van der Waals surface area contributed by atoms with E-state index in [0.29, 0.717) is 0 Å². The smallest absolute Gasteiger partial charge is 0.126 e. The third-order valence-electron chi connectivity index (χ3n) is 8.59. The van der Waals surface area contributed by atoms with Crippen molar-refractivity contribution in [2.24, 2.45) is 17.8 Å². The van der Waals surface area contributed by atoms with Crippen LogP contribution < -0.4 is 9.84 Å². The van der Waals surface area contributed by atoms with Gasteiger partial charge in [-0.2, -0.15) is 0 Å². The number of allylic oxidation sites excluding steroid dienone is 1. The third-order valence-corrected chi connectivity index (χ3v) is 8.59. The largest absolute Gasteiger partial charge is 0.872 e. The van der Waals surface area contributed by atoms with Crippen LogP contribution in [0.1, 0.15) is 134 Å². The molecule has 0 bridgehead atoms. The summed E-state index contributed by atoms with van der Waals surface area (Å²) in [5.74, 6) is 3.74. The number of hydrogen-bond acceptors (Lipinski definition) is 2. The molecule has 2 rings (SSSR count). The summed E-state index contributed by atoms with van der Waals surface area (Å²) in [6.07, 6.45) is 17.4. The molecule has 0 saturated heterocycles. The Bertz CT molecular complexity index is 834. The molecule has 1 aromatic rings. The number of hydrogen-bond donors (Lipinski definition) is 0. The Balaban J connectivity index is 1.72. The van der Waals surface area contributed by atoms with Gasteiger partial charge in [-0.1, -0.05) is 95.4 Å². The lowest BCUT2D eigenvalue weighted by atomic mass is 9.85. The molecule has 0 spiro atoms. The third kappa shape index (κ3) is 9.18. The Morgan fingerprint density at radius 3 is 2.06 bits per heavy atom. The summed E-state index contributed by atoms with van der Waals surface area (Å²) in [4.78, 5) is 0. The summed E-state index contributed by atoms with van der Waals surface area (Å²) < 4.78 is 6.58. The van der Waals surface area contributed by atoms with Gasteiger partial charge in [-0.3, -0.25) is 0 Å². The fourth-order valence-electron chi connectivity index (χ4n) is 5.62.